The molecule has 1 fully saturated rings. The SMILES string of the molecule is COc1ccc2nccc([C@H](O)CC[C@@H]3CCN(CCCSc4ccoc4)C[C@H]3CCC(=O)O)c2c1. The number of aromatic nitrogens is 1. The molecule has 194 valence electrons. The standard InChI is InChI=1S/C28H36N2O5S/c1-34-22-5-6-26-25(17-22)24(9-12-29-26)27(31)7-3-20-10-14-30(18-21(20)4-8-28(32)33)13-2-16-36-23-11-15-35-19-23/h5-6,9,11-12,15,17,19-21,27,31H,2-4,7-8,10,13-14,16,18H2,1H3,(H,32,33)/t20-,21-,27-/m1/s1. The van der Waals surface area contributed by atoms with Crippen LogP contribution in [0.4, 0.5) is 0 Å². The van der Waals surface area contributed by atoms with Crippen molar-refractivity contribution in [3.05, 3.63) is 54.6 Å². The van der Waals surface area contributed by atoms with Crippen molar-refractivity contribution in [2.75, 3.05) is 32.5 Å². The lowest BCUT2D eigenvalue weighted by Crippen LogP contribution is -2.41. The van der Waals surface area contributed by atoms with Gasteiger partial charge in [-0.25, -0.2) is 0 Å². The first-order chi connectivity index (χ1) is 17.5. The summed E-state index contributed by atoms with van der Waals surface area (Å²) in [5.41, 5.74) is 1.71. The van der Waals surface area contributed by atoms with Crippen LogP contribution in [0.3, 0.4) is 0 Å². The Morgan fingerprint density at radius 1 is 1.28 bits per heavy atom. The fraction of sp³-hybridized carbons (Fsp3) is 0.500. The van der Waals surface area contributed by atoms with E-state index >= 15 is 0 Å². The second-order valence-corrected chi connectivity index (χ2v) is 10.7. The van der Waals surface area contributed by atoms with E-state index in [-0.39, 0.29) is 6.42 Å². The Labute approximate surface area is 216 Å². The maximum Gasteiger partial charge on any atom is 0.303 e. The van der Waals surface area contributed by atoms with Crippen molar-refractivity contribution in [3.63, 3.8) is 0 Å². The summed E-state index contributed by atoms with van der Waals surface area (Å²) in [6.45, 7) is 2.98. The molecule has 8 heteroatoms. The third-order valence-corrected chi connectivity index (χ3v) is 8.30. The number of likely N-dealkylation sites (tertiary alicyclic amines) is 1. The van der Waals surface area contributed by atoms with Gasteiger partial charge in [-0.2, -0.15) is 0 Å². The number of carboxylic acids is 1. The van der Waals surface area contributed by atoms with Crippen LogP contribution in [0.2, 0.25) is 0 Å². The average molecular weight is 513 g/mol. The number of thioether (sulfide) groups is 1. The Balaban J connectivity index is 1.33. The van der Waals surface area contributed by atoms with Gasteiger partial charge in [-0.3, -0.25) is 9.78 Å². The van der Waals surface area contributed by atoms with Crippen LogP contribution in [0.5, 0.6) is 5.75 Å². The van der Waals surface area contributed by atoms with E-state index in [1.807, 2.05) is 30.3 Å². The molecule has 0 bridgehead atoms. The topological polar surface area (TPSA) is 96.0 Å². The normalized spacial score (nSPS) is 19.4. The van der Waals surface area contributed by atoms with Crippen molar-refractivity contribution < 1.29 is 24.2 Å². The highest BCUT2D eigenvalue weighted by atomic mass is 32.2. The Kier molecular flexibility index (Phi) is 9.67. The molecule has 0 saturated carbocycles. The molecule has 1 aliphatic rings. The summed E-state index contributed by atoms with van der Waals surface area (Å²) in [6, 6.07) is 9.59. The van der Waals surface area contributed by atoms with Gasteiger partial charge in [0.05, 0.1) is 25.0 Å². The Morgan fingerprint density at radius 3 is 2.94 bits per heavy atom. The van der Waals surface area contributed by atoms with Gasteiger partial charge in [0.2, 0.25) is 0 Å². The Bertz CT molecular complexity index is 1110. The molecule has 2 N–H and O–H groups in total. The molecule has 3 atom stereocenters. The van der Waals surface area contributed by atoms with Gasteiger partial charge in [-0.1, -0.05) is 0 Å². The third kappa shape index (κ3) is 7.24. The smallest absolute Gasteiger partial charge is 0.303 e. The van der Waals surface area contributed by atoms with E-state index in [9.17, 15) is 15.0 Å². The number of hydrogen-bond acceptors (Lipinski definition) is 7. The van der Waals surface area contributed by atoms with Gasteiger partial charge in [-0.15, -0.1) is 11.8 Å². The van der Waals surface area contributed by atoms with Gasteiger partial charge in [0.1, 0.15) is 12.0 Å². The number of pyridine rings is 1. The summed E-state index contributed by atoms with van der Waals surface area (Å²) in [5, 5.41) is 21.3. The number of fused-ring (bicyclic) bond motifs is 1. The molecule has 2 aromatic heterocycles. The average Bonchev–Trinajstić information content (AvgIpc) is 3.42. The van der Waals surface area contributed by atoms with Gasteiger partial charge in [0.25, 0.3) is 0 Å². The number of rotatable bonds is 13. The molecule has 3 aromatic rings. The third-order valence-electron chi connectivity index (χ3n) is 7.24. The molecule has 1 aliphatic heterocycles. The lowest BCUT2D eigenvalue weighted by molar-refractivity contribution is -0.137. The summed E-state index contributed by atoms with van der Waals surface area (Å²) in [5.74, 6) is 1.79. The zero-order chi connectivity index (χ0) is 25.3. The maximum atomic E-state index is 11.3. The monoisotopic (exact) mass is 512 g/mol. The first-order valence-electron chi connectivity index (χ1n) is 12.7. The molecule has 1 aromatic carbocycles. The molecule has 0 spiro atoms. The molecule has 4 rings (SSSR count). The van der Waals surface area contributed by atoms with E-state index in [4.69, 9.17) is 9.15 Å². The number of ether oxygens (including phenoxy) is 1. The molecule has 0 amide bonds. The number of aliphatic hydroxyl groups is 1. The highest BCUT2D eigenvalue weighted by Gasteiger charge is 2.30. The van der Waals surface area contributed by atoms with Gasteiger partial charge < -0.3 is 24.3 Å². The molecule has 0 aliphatic carbocycles. The van der Waals surface area contributed by atoms with Crippen LogP contribution in [-0.2, 0) is 4.79 Å². The Hall–Kier alpha value is -2.55. The van der Waals surface area contributed by atoms with Crippen LogP contribution >= 0.6 is 11.8 Å². The van der Waals surface area contributed by atoms with Crippen LogP contribution in [0.15, 0.2) is 58.4 Å². The van der Waals surface area contributed by atoms with Crippen LogP contribution in [-0.4, -0.2) is 58.6 Å². The lowest BCUT2D eigenvalue weighted by Gasteiger charge is -2.39. The zero-order valence-electron chi connectivity index (χ0n) is 20.8. The van der Waals surface area contributed by atoms with E-state index in [1.165, 1.54) is 0 Å². The van der Waals surface area contributed by atoms with Crippen molar-refractivity contribution in [2.24, 2.45) is 11.8 Å². The highest BCUT2D eigenvalue weighted by Crippen LogP contribution is 2.35. The molecular weight excluding hydrogens is 476 g/mol. The fourth-order valence-corrected chi connectivity index (χ4v) is 6.06. The van der Waals surface area contributed by atoms with Gasteiger partial charge >= 0.3 is 5.97 Å². The molecule has 36 heavy (non-hydrogen) atoms. The van der Waals surface area contributed by atoms with Crippen LogP contribution in [0, 0.1) is 11.8 Å². The number of carbonyl (C=O) groups is 1. The first kappa shape index (κ1) is 26.5. The van der Waals surface area contributed by atoms with Crippen molar-refractivity contribution in [1.29, 1.82) is 0 Å². The number of piperidine rings is 1. The fourth-order valence-electron chi connectivity index (χ4n) is 5.28. The van der Waals surface area contributed by atoms with Crippen LogP contribution < -0.4 is 4.74 Å². The number of aliphatic hydroxyl groups excluding tert-OH is 1. The summed E-state index contributed by atoms with van der Waals surface area (Å²) < 4.78 is 10.5. The molecule has 0 radical (unpaired) electrons. The van der Waals surface area contributed by atoms with Crippen LogP contribution in [0.25, 0.3) is 10.9 Å². The number of hydrogen-bond donors (Lipinski definition) is 2. The number of aliphatic carboxylic acids is 1. The molecule has 7 nitrogen and oxygen atoms in total. The van der Waals surface area contributed by atoms with E-state index in [0.717, 1.165) is 71.8 Å². The maximum absolute atomic E-state index is 11.3. The predicted molar refractivity (Wildman–Crippen MR) is 141 cm³/mol. The quantitative estimate of drug-likeness (QED) is 0.225. The minimum Gasteiger partial charge on any atom is -0.497 e. The predicted octanol–water partition coefficient (Wildman–Crippen LogP) is 5.64. The second-order valence-electron chi connectivity index (χ2n) is 9.58. The van der Waals surface area contributed by atoms with E-state index < -0.39 is 12.1 Å². The Morgan fingerprint density at radius 2 is 2.17 bits per heavy atom. The van der Waals surface area contributed by atoms with Crippen molar-refractivity contribution >= 4 is 28.6 Å². The number of furan rings is 1. The van der Waals surface area contributed by atoms with Gasteiger partial charge in [-0.05, 0) is 98.7 Å². The van der Waals surface area contributed by atoms with E-state index in [2.05, 4.69) is 9.88 Å². The van der Waals surface area contributed by atoms with Crippen molar-refractivity contribution in [1.82, 2.24) is 9.88 Å². The first-order valence-corrected chi connectivity index (χ1v) is 13.7. The largest absolute Gasteiger partial charge is 0.497 e. The number of nitrogens with zero attached hydrogens (tertiary/aromatic N) is 2. The molecule has 3 heterocycles. The van der Waals surface area contributed by atoms with Gasteiger partial charge in [0.15, 0.2) is 0 Å². The van der Waals surface area contributed by atoms with Gasteiger partial charge in [0, 0.05) is 29.4 Å². The summed E-state index contributed by atoms with van der Waals surface area (Å²) in [6.07, 6.45) is 9.15. The van der Waals surface area contributed by atoms with E-state index in [1.54, 1.807) is 37.6 Å². The minimum absolute atomic E-state index is 0.197. The number of carboxylic acid groups (broad SMARTS) is 1. The second kappa shape index (κ2) is 13.1. The lowest BCUT2D eigenvalue weighted by atomic mass is 9.79. The van der Waals surface area contributed by atoms with Crippen molar-refractivity contribution in [2.45, 2.75) is 49.5 Å². The summed E-state index contributed by atoms with van der Waals surface area (Å²) >= 11 is 1.81. The molecule has 1 saturated heterocycles. The molecule has 0 unspecified atom stereocenters. The minimum atomic E-state index is -0.736. The summed E-state index contributed by atoms with van der Waals surface area (Å²) in [4.78, 5) is 19.4. The van der Waals surface area contributed by atoms with Crippen LogP contribution in [0.1, 0.15) is 50.2 Å². The van der Waals surface area contributed by atoms with E-state index in [0.29, 0.717) is 24.7 Å². The highest BCUT2D eigenvalue weighted by molar-refractivity contribution is 7.99. The summed E-state index contributed by atoms with van der Waals surface area (Å²) in [7, 11) is 1.63. The number of methoxy groups -OCH3 is 1. The molecular formula is C28H36N2O5S. The zero-order valence-corrected chi connectivity index (χ0v) is 21.7. The van der Waals surface area contributed by atoms with Crippen molar-refractivity contribution in [3.8, 4) is 5.75 Å². The number of benzene rings is 1.